The Labute approximate surface area is 176 Å². The summed E-state index contributed by atoms with van der Waals surface area (Å²) < 4.78 is 55.5. The van der Waals surface area contributed by atoms with Gasteiger partial charge >= 0.3 is 0 Å². The molecule has 1 saturated heterocycles. The van der Waals surface area contributed by atoms with E-state index in [9.17, 15) is 17.2 Å². The number of benzene rings is 2. The average Bonchev–Trinajstić information content (AvgIpc) is 3.19. The highest BCUT2D eigenvalue weighted by molar-refractivity contribution is 7.89. The Balaban J connectivity index is 1.44. The van der Waals surface area contributed by atoms with Crippen LogP contribution in [-0.2, 0) is 16.6 Å². The molecular weight excluding hydrogens is 438 g/mol. The van der Waals surface area contributed by atoms with Gasteiger partial charge in [-0.1, -0.05) is 11.6 Å². The lowest BCUT2D eigenvalue weighted by atomic mass is 10.3. The van der Waals surface area contributed by atoms with Crippen LogP contribution in [0.25, 0.3) is 5.69 Å². The fourth-order valence-electron chi connectivity index (χ4n) is 3.23. The van der Waals surface area contributed by atoms with Crippen molar-refractivity contribution in [1.82, 2.24) is 29.4 Å². The lowest BCUT2D eigenvalue weighted by Gasteiger charge is -2.33. The van der Waals surface area contributed by atoms with Crippen LogP contribution in [0.4, 0.5) is 8.78 Å². The summed E-state index contributed by atoms with van der Waals surface area (Å²) in [6.07, 6.45) is 0. The maximum absolute atomic E-state index is 14.0. The van der Waals surface area contributed by atoms with E-state index in [1.54, 1.807) is 28.9 Å². The van der Waals surface area contributed by atoms with Crippen molar-refractivity contribution >= 4 is 21.6 Å². The average molecular weight is 455 g/mol. The zero-order chi connectivity index (χ0) is 21.3. The minimum Gasteiger partial charge on any atom is -0.293 e. The van der Waals surface area contributed by atoms with E-state index in [4.69, 9.17) is 11.6 Å². The molecular formula is C18H17ClF2N6O2S. The van der Waals surface area contributed by atoms with Gasteiger partial charge in [0.2, 0.25) is 10.0 Å². The summed E-state index contributed by atoms with van der Waals surface area (Å²) >= 11 is 5.91. The number of tetrazole rings is 1. The maximum Gasteiger partial charge on any atom is 0.246 e. The third kappa shape index (κ3) is 4.19. The van der Waals surface area contributed by atoms with Crippen LogP contribution in [-0.4, -0.2) is 64.0 Å². The van der Waals surface area contributed by atoms with Crippen molar-refractivity contribution in [2.75, 3.05) is 26.2 Å². The molecule has 2 heterocycles. The van der Waals surface area contributed by atoms with Gasteiger partial charge in [-0.2, -0.15) is 8.99 Å². The third-order valence-electron chi connectivity index (χ3n) is 4.81. The van der Waals surface area contributed by atoms with E-state index in [1.165, 1.54) is 0 Å². The zero-order valence-electron chi connectivity index (χ0n) is 15.6. The molecule has 12 heteroatoms. The summed E-state index contributed by atoms with van der Waals surface area (Å²) in [6.45, 7) is 1.47. The predicted octanol–water partition coefficient (Wildman–Crippen LogP) is 2.10. The number of hydrogen-bond acceptors (Lipinski definition) is 6. The van der Waals surface area contributed by atoms with Gasteiger partial charge in [0.05, 0.1) is 12.2 Å². The van der Waals surface area contributed by atoms with Gasteiger partial charge in [-0.05, 0) is 52.9 Å². The van der Waals surface area contributed by atoms with Crippen LogP contribution in [0.3, 0.4) is 0 Å². The molecule has 0 spiro atoms. The molecule has 0 N–H and O–H groups in total. The minimum absolute atomic E-state index is 0.140. The Hall–Kier alpha value is -2.47. The topological polar surface area (TPSA) is 84.2 Å². The summed E-state index contributed by atoms with van der Waals surface area (Å²) in [5.41, 5.74) is 0.752. The Morgan fingerprint density at radius 1 is 1.00 bits per heavy atom. The molecule has 0 atom stereocenters. The van der Waals surface area contributed by atoms with Crippen molar-refractivity contribution in [1.29, 1.82) is 0 Å². The van der Waals surface area contributed by atoms with Crippen LogP contribution in [0, 0.1) is 11.6 Å². The van der Waals surface area contributed by atoms with Crippen LogP contribution in [0.5, 0.6) is 0 Å². The fraction of sp³-hybridized carbons (Fsp3) is 0.278. The molecule has 30 heavy (non-hydrogen) atoms. The Bertz CT molecular complexity index is 1150. The van der Waals surface area contributed by atoms with Crippen molar-refractivity contribution in [3.05, 3.63) is 64.9 Å². The van der Waals surface area contributed by atoms with Gasteiger partial charge in [-0.3, -0.25) is 4.90 Å². The lowest BCUT2D eigenvalue weighted by Crippen LogP contribution is -2.48. The number of rotatable bonds is 5. The molecule has 4 rings (SSSR count). The van der Waals surface area contributed by atoms with E-state index in [-0.39, 0.29) is 13.1 Å². The summed E-state index contributed by atoms with van der Waals surface area (Å²) in [6, 6.07) is 9.46. The second-order valence-electron chi connectivity index (χ2n) is 6.74. The lowest BCUT2D eigenvalue weighted by molar-refractivity contribution is 0.176. The van der Waals surface area contributed by atoms with Crippen molar-refractivity contribution in [3.63, 3.8) is 0 Å². The maximum atomic E-state index is 14.0. The predicted molar refractivity (Wildman–Crippen MR) is 105 cm³/mol. The first kappa shape index (κ1) is 20.8. The van der Waals surface area contributed by atoms with E-state index in [2.05, 4.69) is 15.5 Å². The molecule has 0 bridgehead atoms. The standard InChI is InChI=1S/C18H17ClF2N6O2S/c19-13-1-4-15(5-2-13)27-18(22-23-24-27)12-25-7-9-26(10-8-25)30(28,29)17-11-14(20)3-6-16(17)21/h1-6,11H,7-10,12H2. The molecule has 1 fully saturated rings. The van der Waals surface area contributed by atoms with Gasteiger partial charge in [0, 0.05) is 31.2 Å². The van der Waals surface area contributed by atoms with E-state index >= 15 is 0 Å². The molecule has 3 aromatic rings. The van der Waals surface area contributed by atoms with Gasteiger partial charge in [0.1, 0.15) is 16.5 Å². The molecule has 1 aliphatic heterocycles. The van der Waals surface area contributed by atoms with Gasteiger partial charge in [0.15, 0.2) is 5.82 Å². The van der Waals surface area contributed by atoms with Crippen molar-refractivity contribution in [2.24, 2.45) is 0 Å². The molecule has 0 radical (unpaired) electrons. The highest BCUT2D eigenvalue weighted by atomic mass is 35.5. The summed E-state index contributed by atoms with van der Waals surface area (Å²) in [5, 5.41) is 12.4. The second kappa shape index (κ2) is 8.34. The molecule has 1 aliphatic rings. The molecule has 0 aliphatic carbocycles. The number of aromatic nitrogens is 4. The van der Waals surface area contributed by atoms with Gasteiger partial charge in [0.25, 0.3) is 0 Å². The summed E-state index contributed by atoms with van der Waals surface area (Å²) in [7, 11) is -4.12. The summed E-state index contributed by atoms with van der Waals surface area (Å²) in [4.78, 5) is 1.34. The van der Waals surface area contributed by atoms with Crippen LogP contribution in [0.15, 0.2) is 47.4 Å². The van der Waals surface area contributed by atoms with Crippen LogP contribution in [0.2, 0.25) is 5.02 Å². The van der Waals surface area contributed by atoms with Gasteiger partial charge in [-0.15, -0.1) is 5.10 Å². The first-order valence-electron chi connectivity index (χ1n) is 9.05. The van der Waals surface area contributed by atoms with Crippen molar-refractivity contribution < 1.29 is 17.2 Å². The van der Waals surface area contributed by atoms with Crippen LogP contribution >= 0.6 is 11.6 Å². The molecule has 8 nitrogen and oxygen atoms in total. The molecule has 158 valence electrons. The van der Waals surface area contributed by atoms with Crippen molar-refractivity contribution in [3.8, 4) is 5.69 Å². The number of piperazine rings is 1. The zero-order valence-corrected chi connectivity index (χ0v) is 17.2. The van der Waals surface area contributed by atoms with E-state index < -0.39 is 26.6 Å². The number of hydrogen-bond donors (Lipinski definition) is 0. The second-order valence-corrected chi connectivity index (χ2v) is 9.08. The molecule has 0 unspecified atom stereocenters. The Morgan fingerprint density at radius 3 is 2.40 bits per heavy atom. The fourth-order valence-corrected chi connectivity index (χ4v) is 4.85. The van der Waals surface area contributed by atoms with Crippen LogP contribution in [0.1, 0.15) is 5.82 Å². The first-order chi connectivity index (χ1) is 14.3. The molecule has 2 aromatic carbocycles. The van der Waals surface area contributed by atoms with Crippen molar-refractivity contribution in [2.45, 2.75) is 11.4 Å². The normalized spacial score (nSPS) is 16.1. The van der Waals surface area contributed by atoms with Gasteiger partial charge < -0.3 is 0 Å². The Morgan fingerprint density at radius 2 is 1.70 bits per heavy atom. The minimum atomic E-state index is -4.12. The highest BCUT2D eigenvalue weighted by Gasteiger charge is 2.31. The summed E-state index contributed by atoms with van der Waals surface area (Å²) in [5.74, 6) is -1.19. The first-order valence-corrected chi connectivity index (χ1v) is 10.9. The van der Waals surface area contributed by atoms with E-state index in [1.807, 2.05) is 4.90 Å². The van der Waals surface area contributed by atoms with Gasteiger partial charge in [-0.25, -0.2) is 17.2 Å². The molecule has 1 aromatic heterocycles. The van der Waals surface area contributed by atoms with E-state index in [0.29, 0.717) is 36.5 Å². The number of sulfonamides is 1. The monoisotopic (exact) mass is 454 g/mol. The third-order valence-corrected chi connectivity index (χ3v) is 6.98. The quantitative estimate of drug-likeness (QED) is 0.587. The Kier molecular flexibility index (Phi) is 5.78. The molecule has 0 saturated carbocycles. The SMILES string of the molecule is O=S(=O)(c1cc(F)ccc1F)N1CCN(Cc2nnnn2-c2ccc(Cl)cc2)CC1. The smallest absolute Gasteiger partial charge is 0.246 e. The highest BCUT2D eigenvalue weighted by Crippen LogP contribution is 2.22. The van der Waals surface area contributed by atoms with Crippen LogP contribution < -0.4 is 0 Å². The van der Waals surface area contributed by atoms with E-state index in [0.717, 1.165) is 22.1 Å². The number of nitrogens with zero attached hydrogens (tertiary/aromatic N) is 6. The number of halogens is 3. The largest absolute Gasteiger partial charge is 0.293 e. The molecule has 0 amide bonds.